The predicted molar refractivity (Wildman–Crippen MR) is 97.2 cm³/mol. The number of ether oxygens (including phenoxy) is 2. The number of carbonyl (C=O) groups excluding carboxylic acids is 2. The molecular formula is C18H27NO5S. The van der Waals surface area contributed by atoms with Crippen molar-refractivity contribution in [3.63, 3.8) is 0 Å². The summed E-state index contributed by atoms with van der Waals surface area (Å²) in [5, 5.41) is 13.6. The predicted octanol–water partition coefficient (Wildman–Crippen LogP) is 2.91. The van der Waals surface area contributed by atoms with E-state index in [0.717, 1.165) is 36.6 Å². The number of allylic oxidation sites excluding steroid dienone is 2. The minimum Gasteiger partial charge on any atom is -0.459 e. The van der Waals surface area contributed by atoms with Gasteiger partial charge in [0, 0.05) is 24.7 Å². The number of esters is 1. The molecule has 3 unspecified atom stereocenters. The summed E-state index contributed by atoms with van der Waals surface area (Å²) in [6.45, 7) is 7.36. The van der Waals surface area contributed by atoms with E-state index in [1.165, 1.54) is 6.08 Å². The number of aliphatic hydroxyl groups is 1. The smallest absolute Gasteiger partial charge is 0.330 e. The third-order valence-corrected chi connectivity index (χ3v) is 5.14. The summed E-state index contributed by atoms with van der Waals surface area (Å²) in [5.41, 5.74) is 0.856. The second-order valence-electron chi connectivity index (χ2n) is 6.82. The normalized spacial score (nSPS) is 32.0. The van der Waals surface area contributed by atoms with Crippen LogP contribution in [-0.2, 0) is 14.3 Å². The van der Waals surface area contributed by atoms with E-state index < -0.39 is 23.9 Å². The lowest BCUT2D eigenvalue weighted by atomic mass is 9.91. The van der Waals surface area contributed by atoms with Gasteiger partial charge in [-0.25, -0.2) is 4.79 Å². The maximum Gasteiger partial charge on any atom is 0.330 e. The van der Waals surface area contributed by atoms with E-state index in [2.05, 4.69) is 11.9 Å². The summed E-state index contributed by atoms with van der Waals surface area (Å²) in [6, 6.07) is -0.503. The molecule has 2 aliphatic heterocycles. The van der Waals surface area contributed by atoms with Crippen LogP contribution in [0.15, 0.2) is 24.3 Å². The molecule has 0 aliphatic carbocycles. The van der Waals surface area contributed by atoms with Crippen LogP contribution in [0.1, 0.15) is 46.0 Å². The van der Waals surface area contributed by atoms with Gasteiger partial charge in [0.15, 0.2) is 5.79 Å². The minimum absolute atomic E-state index is 0.152. The number of hydrogen-bond donors (Lipinski definition) is 2. The number of nitrogens with one attached hydrogen (secondary N) is 1. The first-order valence-corrected chi connectivity index (χ1v) is 9.61. The Kier molecular flexibility index (Phi) is 7.10. The van der Waals surface area contributed by atoms with E-state index in [4.69, 9.17) is 9.47 Å². The zero-order chi connectivity index (χ0) is 18.4. The first-order valence-electron chi connectivity index (χ1n) is 8.62. The van der Waals surface area contributed by atoms with Crippen molar-refractivity contribution in [3.05, 3.63) is 24.3 Å². The maximum absolute atomic E-state index is 12.0. The molecule has 2 saturated heterocycles. The van der Waals surface area contributed by atoms with Gasteiger partial charge in [-0.05, 0) is 33.1 Å². The van der Waals surface area contributed by atoms with E-state index in [1.807, 2.05) is 19.9 Å². The quantitative estimate of drug-likeness (QED) is 0.311. The number of unbranched alkanes of at least 4 members (excludes halogenated alkanes) is 1. The third kappa shape index (κ3) is 5.87. The second kappa shape index (κ2) is 8.87. The molecule has 0 spiro atoms. The van der Waals surface area contributed by atoms with E-state index in [1.54, 1.807) is 0 Å². The molecule has 25 heavy (non-hydrogen) atoms. The van der Waals surface area contributed by atoms with Crippen LogP contribution in [0, 0.1) is 0 Å². The summed E-state index contributed by atoms with van der Waals surface area (Å²) < 4.78 is 11.5. The van der Waals surface area contributed by atoms with E-state index in [9.17, 15) is 14.7 Å². The Labute approximate surface area is 153 Å². The summed E-state index contributed by atoms with van der Waals surface area (Å²) in [4.78, 5) is 23.5. The van der Waals surface area contributed by atoms with Crippen LogP contribution in [0.4, 0.5) is 4.79 Å². The molecule has 2 aliphatic rings. The molecule has 0 aromatic rings. The minimum atomic E-state index is -1.52. The number of carbonyl (C=O) groups is 2. The molecule has 0 radical (unpaired) electrons. The van der Waals surface area contributed by atoms with Crippen molar-refractivity contribution in [1.82, 2.24) is 5.32 Å². The van der Waals surface area contributed by atoms with Crippen LogP contribution in [-0.4, -0.2) is 46.1 Å². The molecule has 1 amide bonds. The van der Waals surface area contributed by atoms with Gasteiger partial charge in [0.05, 0.1) is 12.1 Å². The first kappa shape index (κ1) is 20.0. The number of thioether (sulfide) groups is 1. The highest BCUT2D eigenvalue weighted by molar-refractivity contribution is 8.14. The van der Waals surface area contributed by atoms with Gasteiger partial charge in [-0.1, -0.05) is 23.4 Å². The molecule has 0 saturated carbocycles. The van der Waals surface area contributed by atoms with Crippen molar-refractivity contribution in [2.24, 2.45) is 0 Å². The molecule has 0 bridgehead atoms. The van der Waals surface area contributed by atoms with Crippen LogP contribution >= 0.6 is 11.8 Å². The average molecular weight is 369 g/mol. The van der Waals surface area contributed by atoms with Crippen LogP contribution in [0.25, 0.3) is 0 Å². The molecule has 2 heterocycles. The fraction of sp³-hybridized carbons (Fsp3) is 0.667. The van der Waals surface area contributed by atoms with Crippen molar-refractivity contribution >= 4 is 23.0 Å². The highest BCUT2D eigenvalue weighted by Gasteiger charge is 2.49. The highest BCUT2D eigenvalue weighted by Crippen LogP contribution is 2.36. The van der Waals surface area contributed by atoms with Gasteiger partial charge in [-0.15, -0.1) is 6.58 Å². The lowest BCUT2D eigenvalue weighted by Gasteiger charge is -2.43. The molecule has 7 heteroatoms. The number of amides is 1. The van der Waals surface area contributed by atoms with Gasteiger partial charge in [-0.2, -0.15) is 0 Å². The van der Waals surface area contributed by atoms with Gasteiger partial charge < -0.3 is 19.9 Å². The second-order valence-corrected chi connectivity index (χ2v) is 7.81. The molecule has 140 valence electrons. The standard InChI is InChI=1S/C18H27NO5S/c1-4-5-6-7-13-9-14(23-16(20)8-12(2)3)10-18(22,24-13)15-11-25-17(21)19-15/h4,8,13-15,22H,1,5-7,9-11H2,2-3H3,(H,19,21)/t13-,14?,15?,18?/m1/s1. The van der Waals surface area contributed by atoms with Gasteiger partial charge in [0.25, 0.3) is 5.24 Å². The SMILES string of the molecule is C=CCCC[C@@H]1CC(OC(=O)C=C(C)C)CC(O)(C2CSC(=O)N2)O1. The van der Waals surface area contributed by atoms with Crippen molar-refractivity contribution in [3.8, 4) is 0 Å². The first-order chi connectivity index (χ1) is 11.8. The molecule has 4 atom stereocenters. The zero-order valence-electron chi connectivity index (χ0n) is 14.8. The van der Waals surface area contributed by atoms with Crippen molar-refractivity contribution in [1.29, 1.82) is 0 Å². The van der Waals surface area contributed by atoms with Crippen molar-refractivity contribution in [2.45, 2.75) is 70.0 Å². The fourth-order valence-corrected chi connectivity index (χ4v) is 4.02. The maximum atomic E-state index is 12.0. The summed E-state index contributed by atoms with van der Waals surface area (Å²) >= 11 is 1.12. The molecule has 0 aromatic heterocycles. The van der Waals surface area contributed by atoms with Crippen LogP contribution in [0.5, 0.6) is 0 Å². The largest absolute Gasteiger partial charge is 0.459 e. The lowest BCUT2D eigenvalue weighted by Crippen LogP contribution is -2.58. The van der Waals surface area contributed by atoms with Crippen molar-refractivity contribution in [2.75, 3.05) is 5.75 Å². The molecule has 2 rings (SSSR count). The molecular weight excluding hydrogens is 342 g/mol. The fourth-order valence-electron chi connectivity index (χ4n) is 3.13. The lowest BCUT2D eigenvalue weighted by molar-refractivity contribution is -0.283. The van der Waals surface area contributed by atoms with Crippen molar-refractivity contribution < 1.29 is 24.2 Å². The van der Waals surface area contributed by atoms with E-state index >= 15 is 0 Å². The third-order valence-electron chi connectivity index (χ3n) is 4.26. The molecule has 2 N–H and O–H groups in total. The summed E-state index contributed by atoms with van der Waals surface area (Å²) in [6.07, 6.45) is 5.77. The van der Waals surface area contributed by atoms with E-state index in [0.29, 0.717) is 12.2 Å². The summed E-state index contributed by atoms with van der Waals surface area (Å²) in [7, 11) is 0. The van der Waals surface area contributed by atoms with Gasteiger partial charge >= 0.3 is 5.97 Å². The zero-order valence-corrected chi connectivity index (χ0v) is 15.6. The van der Waals surface area contributed by atoms with Crippen LogP contribution in [0.3, 0.4) is 0 Å². The number of hydrogen-bond acceptors (Lipinski definition) is 6. The Hall–Kier alpha value is -1.31. The Morgan fingerprint density at radius 3 is 2.92 bits per heavy atom. The molecule has 6 nitrogen and oxygen atoms in total. The molecule has 0 aromatic carbocycles. The van der Waals surface area contributed by atoms with Gasteiger partial charge in [-0.3, -0.25) is 4.79 Å². The van der Waals surface area contributed by atoms with Gasteiger partial charge in [0.2, 0.25) is 0 Å². The van der Waals surface area contributed by atoms with Crippen LogP contribution < -0.4 is 5.32 Å². The monoisotopic (exact) mass is 369 g/mol. The Balaban J connectivity index is 2.07. The average Bonchev–Trinajstić information content (AvgIpc) is 2.93. The summed E-state index contributed by atoms with van der Waals surface area (Å²) in [5.74, 6) is -1.50. The number of rotatable bonds is 7. The highest BCUT2D eigenvalue weighted by atomic mass is 32.2. The van der Waals surface area contributed by atoms with E-state index in [-0.39, 0.29) is 17.8 Å². The van der Waals surface area contributed by atoms with Gasteiger partial charge in [0.1, 0.15) is 6.10 Å². The van der Waals surface area contributed by atoms with Crippen LogP contribution in [0.2, 0.25) is 0 Å². The Bertz CT molecular complexity index is 546. The molecule has 2 fully saturated rings. The Morgan fingerprint density at radius 1 is 1.56 bits per heavy atom. The topological polar surface area (TPSA) is 84.9 Å². The Morgan fingerprint density at radius 2 is 2.32 bits per heavy atom.